The highest BCUT2D eigenvalue weighted by molar-refractivity contribution is 7.95. The summed E-state index contributed by atoms with van der Waals surface area (Å²) >= 11 is 0. The first kappa shape index (κ1) is 27.2. The number of allylic oxidation sites excluding steroid dienone is 6. The molecule has 0 N–H and O–H groups in total. The minimum atomic E-state index is -1.82. The van der Waals surface area contributed by atoms with Crippen molar-refractivity contribution in [3.63, 3.8) is 0 Å². The molecular formula is C33H38ClP. The van der Waals surface area contributed by atoms with Crippen LogP contribution in [0.4, 0.5) is 0 Å². The molecule has 0 nitrogen and oxygen atoms in total. The van der Waals surface area contributed by atoms with Gasteiger partial charge in [0.25, 0.3) is 0 Å². The van der Waals surface area contributed by atoms with E-state index in [-0.39, 0.29) is 17.8 Å². The zero-order valence-corrected chi connectivity index (χ0v) is 23.2. The van der Waals surface area contributed by atoms with Crippen LogP contribution in [0.15, 0.2) is 126 Å². The summed E-state index contributed by atoms with van der Waals surface area (Å²) in [6.45, 7) is 9.37. The lowest BCUT2D eigenvalue weighted by atomic mass is 9.72. The van der Waals surface area contributed by atoms with Crippen molar-refractivity contribution >= 4 is 23.2 Å². The van der Waals surface area contributed by atoms with Crippen LogP contribution in [0.5, 0.6) is 0 Å². The van der Waals surface area contributed by atoms with Crippen LogP contribution >= 0.6 is 7.26 Å². The minimum absolute atomic E-state index is 0. The Hall–Kier alpha value is -2.40. The lowest BCUT2D eigenvalue weighted by molar-refractivity contribution is -0.00000727. The number of hydrogen-bond acceptors (Lipinski definition) is 0. The van der Waals surface area contributed by atoms with Crippen LogP contribution in [-0.2, 0) is 0 Å². The Morgan fingerprint density at radius 1 is 0.800 bits per heavy atom. The summed E-state index contributed by atoms with van der Waals surface area (Å²) in [6, 6.07) is 33.4. The second-order valence-electron chi connectivity index (χ2n) is 10.2. The summed E-state index contributed by atoms with van der Waals surface area (Å²) in [5, 5.41) is 4.31. The van der Waals surface area contributed by atoms with Gasteiger partial charge in [0, 0.05) is 0 Å². The highest BCUT2D eigenvalue weighted by Gasteiger charge is 2.44. The molecule has 0 heterocycles. The fourth-order valence-corrected chi connectivity index (χ4v) is 9.52. The normalized spacial score (nSPS) is 16.3. The second kappa shape index (κ2) is 12.0. The third-order valence-electron chi connectivity index (χ3n) is 7.33. The van der Waals surface area contributed by atoms with E-state index >= 15 is 0 Å². The zero-order valence-electron chi connectivity index (χ0n) is 21.5. The van der Waals surface area contributed by atoms with E-state index in [0.717, 1.165) is 6.16 Å². The molecule has 0 unspecified atom stereocenters. The van der Waals surface area contributed by atoms with E-state index in [9.17, 15) is 0 Å². The van der Waals surface area contributed by atoms with Gasteiger partial charge in [-0.25, -0.2) is 0 Å². The number of benzene rings is 3. The van der Waals surface area contributed by atoms with Gasteiger partial charge >= 0.3 is 0 Å². The molecule has 35 heavy (non-hydrogen) atoms. The van der Waals surface area contributed by atoms with E-state index in [2.05, 4.69) is 137 Å². The maximum atomic E-state index is 2.48. The Labute approximate surface area is 219 Å². The molecule has 1 aliphatic carbocycles. The largest absolute Gasteiger partial charge is 1.00 e. The minimum Gasteiger partial charge on any atom is -1.00 e. The van der Waals surface area contributed by atoms with Gasteiger partial charge in [0.05, 0.1) is 6.16 Å². The van der Waals surface area contributed by atoms with Gasteiger partial charge in [-0.2, -0.15) is 0 Å². The first-order chi connectivity index (χ1) is 16.4. The van der Waals surface area contributed by atoms with Crippen LogP contribution in [-0.4, -0.2) is 6.16 Å². The summed E-state index contributed by atoms with van der Waals surface area (Å²) in [5.74, 6) is 0. The molecule has 0 spiro atoms. The predicted octanol–water partition coefficient (Wildman–Crippen LogP) is 5.01. The first-order valence-corrected chi connectivity index (χ1v) is 14.5. The van der Waals surface area contributed by atoms with Crippen LogP contribution in [0.1, 0.15) is 47.0 Å². The Bertz CT molecular complexity index is 1070. The van der Waals surface area contributed by atoms with E-state index in [0.29, 0.717) is 0 Å². The lowest BCUT2D eigenvalue weighted by Crippen LogP contribution is -3.00. The predicted molar refractivity (Wildman–Crippen MR) is 153 cm³/mol. The Balaban J connectivity index is 0.00000342. The first-order valence-electron chi connectivity index (χ1n) is 12.5. The van der Waals surface area contributed by atoms with Crippen LogP contribution in [0.25, 0.3) is 0 Å². The molecule has 0 bridgehead atoms. The van der Waals surface area contributed by atoms with Gasteiger partial charge in [-0.3, -0.25) is 0 Å². The molecule has 0 saturated heterocycles. The molecule has 0 aliphatic heterocycles. The number of halogens is 1. The molecule has 3 aromatic rings. The molecule has 0 fully saturated rings. The maximum absolute atomic E-state index is 2.48. The van der Waals surface area contributed by atoms with Gasteiger partial charge in [-0.1, -0.05) is 91.7 Å². The SMILES string of the molecule is CC(C=CC1=C(C)CCCC1(C)C)=CC[P+](c1ccccc1)(c1ccccc1)c1ccccc1.[Cl-]. The van der Waals surface area contributed by atoms with Gasteiger partial charge in [-0.05, 0) is 86.6 Å². The van der Waals surface area contributed by atoms with Crippen molar-refractivity contribution in [2.75, 3.05) is 6.16 Å². The number of rotatable bonds is 7. The van der Waals surface area contributed by atoms with E-state index in [4.69, 9.17) is 0 Å². The Kier molecular flexibility index (Phi) is 9.34. The summed E-state index contributed by atoms with van der Waals surface area (Å²) in [7, 11) is -1.82. The fourth-order valence-electron chi connectivity index (χ4n) is 5.38. The molecule has 1 aliphatic rings. The monoisotopic (exact) mass is 500 g/mol. The van der Waals surface area contributed by atoms with Gasteiger partial charge in [0.2, 0.25) is 0 Å². The lowest BCUT2D eigenvalue weighted by Gasteiger charge is -2.33. The van der Waals surface area contributed by atoms with Crippen molar-refractivity contribution < 1.29 is 12.4 Å². The highest BCUT2D eigenvalue weighted by Crippen LogP contribution is 2.55. The average molecular weight is 501 g/mol. The summed E-state index contributed by atoms with van der Waals surface area (Å²) in [4.78, 5) is 0. The molecule has 0 saturated carbocycles. The summed E-state index contributed by atoms with van der Waals surface area (Å²) in [5.41, 5.74) is 4.70. The average Bonchev–Trinajstić information content (AvgIpc) is 2.86. The van der Waals surface area contributed by atoms with Gasteiger partial charge in [0.1, 0.15) is 23.2 Å². The van der Waals surface area contributed by atoms with Crippen LogP contribution in [0, 0.1) is 5.41 Å². The highest BCUT2D eigenvalue weighted by atomic mass is 35.5. The molecule has 0 amide bonds. The molecule has 2 heteroatoms. The Morgan fingerprint density at radius 2 is 1.26 bits per heavy atom. The van der Waals surface area contributed by atoms with Crippen molar-refractivity contribution in [3.05, 3.63) is 126 Å². The Morgan fingerprint density at radius 3 is 1.69 bits per heavy atom. The van der Waals surface area contributed by atoms with Crippen molar-refractivity contribution in [1.29, 1.82) is 0 Å². The maximum Gasteiger partial charge on any atom is 0.115 e. The molecule has 4 rings (SSSR count). The topological polar surface area (TPSA) is 0 Å². The zero-order chi connectivity index (χ0) is 24.0. The molecule has 182 valence electrons. The molecular weight excluding hydrogens is 463 g/mol. The smallest absolute Gasteiger partial charge is 0.115 e. The third-order valence-corrected chi connectivity index (χ3v) is 11.6. The van der Waals surface area contributed by atoms with E-state index in [1.165, 1.54) is 46.3 Å². The summed E-state index contributed by atoms with van der Waals surface area (Å²) in [6.07, 6.45) is 12.1. The van der Waals surface area contributed by atoms with Crippen LogP contribution in [0.2, 0.25) is 0 Å². The van der Waals surface area contributed by atoms with Crippen LogP contribution < -0.4 is 28.3 Å². The fraction of sp³-hybridized carbons (Fsp3) is 0.273. The van der Waals surface area contributed by atoms with E-state index in [1.807, 2.05) is 0 Å². The van der Waals surface area contributed by atoms with Crippen molar-refractivity contribution in [2.45, 2.75) is 47.0 Å². The molecule has 0 aromatic heterocycles. The molecule has 0 atom stereocenters. The van der Waals surface area contributed by atoms with Gasteiger partial charge < -0.3 is 12.4 Å². The van der Waals surface area contributed by atoms with Crippen molar-refractivity contribution in [1.82, 2.24) is 0 Å². The molecule has 0 radical (unpaired) electrons. The third kappa shape index (κ3) is 6.06. The molecule has 3 aromatic carbocycles. The van der Waals surface area contributed by atoms with E-state index in [1.54, 1.807) is 5.57 Å². The quantitative estimate of drug-likeness (QED) is 0.316. The van der Waals surface area contributed by atoms with Crippen LogP contribution in [0.3, 0.4) is 0 Å². The van der Waals surface area contributed by atoms with Crippen molar-refractivity contribution in [3.8, 4) is 0 Å². The van der Waals surface area contributed by atoms with Gasteiger partial charge in [0.15, 0.2) is 0 Å². The number of hydrogen-bond donors (Lipinski definition) is 0. The van der Waals surface area contributed by atoms with E-state index < -0.39 is 7.26 Å². The standard InChI is InChI=1S/C33H38P.ClH/c1-27(22-23-32-28(2)15-14-25-33(32,3)4)24-26-34(29-16-8-5-9-17-29,30-18-10-6-11-19-30)31-20-12-7-13-21-31;/h5-13,16-24H,14-15,25-26H2,1-4H3;1H/q+1;/p-1. The van der Waals surface area contributed by atoms with Crippen molar-refractivity contribution in [2.24, 2.45) is 5.41 Å². The van der Waals surface area contributed by atoms with Gasteiger partial charge in [-0.15, -0.1) is 0 Å². The summed E-state index contributed by atoms with van der Waals surface area (Å²) < 4.78 is 0. The second-order valence-corrected chi connectivity index (χ2v) is 13.7.